The van der Waals surface area contributed by atoms with Crippen LogP contribution in [0.3, 0.4) is 0 Å². The third-order valence-corrected chi connectivity index (χ3v) is 4.05. The van der Waals surface area contributed by atoms with E-state index in [0.717, 1.165) is 24.5 Å². The van der Waals surface area contributed by atoms with Crippen LogP contribution in [-0.2, 0) is 6.42 Å². The molecule has 0 saturated heterocycles. The Kier molecular flexibility index (Phi) is 4.35. The third-order valence-electron chi connectivity index (χ3n) is 3.46. The van der Waals surface area contributed by atoms with E-state index in [1.807, 2.05) is 12.1 Å². The number of benzene rings is 1. The first-order chi connectivity index (χ1) is 8.15. The fourth-order valence-corrected chi connectivity index (χ4v) is 2.67. The lowest BCUT2D eigenvalue weighted by Gasteiger charge is -2.16. The fourth-order valence-electron chi connectivity index (χ4n) is 2.19. The zero-order chi connectivity index (χ0) is 12.3. The molecule has 0 radical (unpaired) electrons. The van der Waals surface area contributed by atoms with Crippen molar-refractivity contribution in [2.45, 2.75) is 32.6 Å². The molecule has 1 aliphatic rings. The standard InChI is InChI=1S/C14H19Cl2N/c1-2-7-17-10-14(5-6-14)9-11-3-4-12(15)8-13(11)16/h3-4,8,17H,2,5-7,9-10H2,1H3. The number of halogens is 2. The van der Waals surface area contributed by atoms with E-state index in [4.69, 9.17) is 23.2 Å². The Hall–Kier alpha value is -0.240. The van der Waals surface area contributed by atoms with E-state index < -0.39 is 0 Å². The lowest BCUT2D eigenvalue weighted by Crippen LogP contribution is -2.26. The topological polar surface area (TPSA) is 12.0 Å². The highest BCUT2D eigenvalue weighted by molar-refractivity contribution is 6.35. The van der Waals surface area contributed by atoms with E-state index in [9.17, 15) is 0 Å². The summed E-state index contributed by atoms with van der Waals surface area (Å²) in [6.07, 6.45) is 4.88. The van der Waals surface area contributed by atoms with Crippen molar-refractivity contribution in [2.24, 2.45) is 5.41 Å². The van der Waals surface area contributed by atoms with Gasteiger partial charge in [0.1, 0.15) is 0 Å². The molecule has 1 fully saturated rings. The van der Waals surface area contributed by atoms with Crippen LogP contribution in [0, 0.1) is 5.41 Å². The second-order valence-corrected chi connectivity index (χ2v) is 5.93. The molecular formula is C14H19Cl2N. The van der Waals surface area contributed by atoms with Crippen molar-refractivity contribution < 1.29 is 0 Å². The van der Waals surface area contributed by atoms with Gasteiger partial charge in [0.25, 0.3) is 0 Å². The van der Waals surface area contributed by atoms with Crippen LogP contribution < -0.4 is 5.32 Å². The second-order valence-electron chi connectivity index (χ2n) is 5.09. The summed E-state index contributed by atoms with van der Waals surface area (Å²) >= 11 is 12.1. The van der Waals surface area contributed by atoms with E-state index in [1.54, 1.807) is 0 Å². The molecule has 0 aliphatic heterocycles. The maximum atomic E-state index is 6.22. The first-order valence-electron chi connectivity index (χ1n) is 6.30. The zero-order valence-electron chi connectivity index (χ0n) is 10.2. The van der Waals surface area contributed by atoms with Gasteiger partial charge in [-0.15, -0.1) is 0 Å². The van der Waals surface area contributed by atoms with E-state index in [-0.39, 0.29) is 0 Å². The Balaban J connectivity index is 1.95. The average molecular weight is 272 g/mol. The fraction of sp³-hybridized carbons (Fsp3) is 0.571. The van der Waals surface area contributed by atoms with Gasteiger partial charge in [0.2, 0.25) is 0 Å². The predicted molar refractivity (Wildman–Crippen MR) is 75.0 cm³/mol. The van der Waals surface area contributed by atoms with Gasteiger partial charge in [-0.05, 0) is 55.3 Å². The minimum atomic E-state index is 0.451. The largest absolute Gasteiger partial charge is 0.316 e. The summed E-state index contributed by atoms with van der Waals surface area (Å²) in [5.74, 6) is 0. The molecule has 17 heavy (non-hydrogen) atoms. The van der Waals surface area contributed by atoms with Crippen LogP contribution >= 0.6 is 23.2 Å². The first kappa shape index (κ1) is 13.2. The summed E-state index contributed by atoms with van der Waals surface area (Å²) < 4.78 is 0. The van der Waals surface area contributed by atoms with E-state index in [1.165, 1.54) is 24.8 Å². The van der Waals surface area contributed by atoms with Crippen molar-refractivity contribution >= 4 is 23.2 Å². The molecule has 1 aromatic carbocycles. The number of nitrogens with one attached hydrogen (secondary N) is 1. The van der Waals surface area contributed by atoms with Crippen molar-refractivity contribution in [1.82, 2.24) is 5.32 Å². The van der Waals surface area contributed by atoms with Crippen molar-refractivity contribution in [3.63, 3.8) is 0 Å². The minimum Gasteiger partial charge on any atom is -0.316 e. The summed E-state index contributed by atoms with van der Waals surface area (Å²) in [5, 5.41) is 5.04. The molecule has 0 amide bonds. The molecule has 0 atom stereocenters. The highest BCUT2D eigenvalue weighted by atomic mass is 35.5. The summed E-state index contributed by atoms with van der Waals surface area (Å²) in [5.41, 5.74) is 1.68. The van der Waals surface area contributed by atoms with Crippen LogP contribution in [0.1, 0.15) is 31.7 Å². The van der Waals surface area contributed by atoms with Crippen LogP contribution in [0.25, 0.3) is 0 Å². The van der Waals surface area contributed by atoms with Gasteiger partial charge < -0.3 is 5.32 Å². The van der Waals surface area contributed by atoms with Gasteiger partial charge in [-0.25, -0.2) is 0 Å². The van der Waals surface area contributed by atoms with Crippen molar-refractivity contribution in [2.75, 3.05) is 13.1 Å². The van der Waals surface area contributed by atoms with Crippen LogP contribution in [0.5, 0.6) is 0 Å². The van der Waals surface area contributed by atoms with Crippen LogP contribution in [0.2, 0.25) is 10.0 Å². The monoisotopic (exact) mass is 271 g/mol. The molecule has 94 valence electrons. The lowest BCUT2D eigenvalue weighted by molar-refractivity contribution is 0.456. The molecule has 0 heterocycles. The number of hydrogen-bond donors (Lipinski definition) is 1. The summed E-state index contributed by atoms with van der Waals surface area (Å²) in [4.78, 5) is 0. The van der Waals surface area contributed by atoms with E-state index in [2.05, 4.69) is 18.3 Å². The Morgan fingerprint density at radius 3 is 2.65 bits per heavy atom. The van der Waals surface area contributed by atoms with Crippen LogP contribution in [0.4, 0.5) is 0 Å². The van der Waals surface area contributed by atoms with Gasteiger partial charge in [-0.1, -0.05) is 36.2 Å². The van der Waals surface area contributed by atoms with Crippen LogP contribution in [-0.4, -0.2) is 13.1 Å². The molecule has 0 bridgehead atoms. The summed E-state index contributed by atoms with van der Waals surface area (Å²) in [6.45, 7) is 4.42. The normalized spacial score (nSPS) is 17.1. The Labute approximate surface area is 114 Å². The quantitative estimate of drug-likeness (QED) is 0.761. The molecule has 1 aliphatic carbocycles. The highest BCUT2D eigenvalue weighted by Gasteiger charge is 2.42. The molecule has 0 spiro atoms. The van der Waals surface area contributed by atoms with Crippen LogP contribution in [0.15, 0.2) is 18.2 Å². The molecular weight excluding hydrogens is 253 g/mol. The minimum absolute atomic E-state index is 0.451. The second kappa shape index (κ2) is 5.60. The van der Waals surface area contributed by atoms with E-state index >= 15 is 0 Å². The van der Waals surface area contributed by atoms with Gasteiger partial charge in [0.15, 0.2) is 0 Å². The van der Waals surface area contributed by atoms with Gasteiger partial charge in [-0.2, -0.15) is 0 Å². The molecule has 0 aromatic heterocycles. The van der Waals surface area contributed by atoms with Gasteiger partial charge in [0, 0.05) is 16.6 Å². The summed E-state index contributed by atoms with van der Waals surface area (Å²) in [6, 6.07) is 5.83. The SMILES string of the molecule is CCCNCC1(Cc2ccc(Cl)cc2Cl)CC1. The molecule has 1 saturated carbocycles. The van der Waals surface area contributed by atoms with Gasteiger partial charge in [0.05, 0.1) is 0 Å². The van der Waals surface area contributed by atoms with E-state index in [0.29, 0.717) is 10.4 Å². The predicted octanol–water partition coefficient (Wildman–Crippen LogP) is 4.32. The Morgan fingerprint density at radius 2 is 2.06 bits per heavy atom. The van der Waals surface area contributed by atoms with Gasteiger partial charge in [-0.3, -0.25) is 0 Å². The molecule has 3 heteroatoms. The van der Waals surface area contributed by atoms with Crippen molar-refractivity contribution in [3.05, 3.63) is 33.8 Å². The van der Waals surface area contributed by atoms with Crippen molar-refractivity contribution in [1.29, 1.82) is 0 Å². The highest BCUT2D eigenvalue weighted by Crippen LogP contribution is 2.48. The molecule has 1 aromatic rings. The van der Waals surface area contributed by atoms with Crippen molar-refractivity contribution in [3.8, 4) is 0 Å². The number of hydrogen-bond acceptors (Lipinski definition) is 1. The third kappa shape index (κ3) is 3.61. The molecule has 1 nitrogen and oxygen atoms in total. The maximum absolute atomic E-state index is 6.22. The first-order valence-corrected chi connectivity index (χ1v) is 7.05. The molecule has 0 unspecified atom stereocenters. The number of rotatable bonds is 6. The zero-order valence-corrected chi connectivity index (χ0v) is 11.7. The summed E-state index contributed by atoms with van der Waals surface area (Å²) in [7, 11) is 0. The lowest BCUT2D eigenvalue weighted by atomic mass is 9.96. The Morgan fingerprint density at radius 1 is 1.29 bits per heavy atom. The average Bonchev–Trinajstić information content (AvgIpc) is 3.03. The Bertz CT molecular complexity index is 386. The molecule has 1 N–H and O–H groups in total. The molecule has 2 rings (SSSR count). The maximum Gasteiger partial charge on any atom is 0.0453 e. The smallest absolute Gasteiger partial charge is 0.0453 e. The van der Waals surface area contributed by atoms with Gasteiger partial charge >= 0.3 is 0 Å².